The lowest BCUT2D eigenvalue weighted by Gasteiger charge is -2.10. The number of halogens is 1. The zero-order chi connectivity index (χ0) is 7.82. The summed E-state index contributed by atoms with van der Waals surface area (Å²) in [5.41, 5.74) is 0. The third-order valence-corrected chi connectivity index (χ3v) is 1.37. The molecule has 0 saturated heterocycles. The lowest BCUT2D eigenvalue weighted by atomic mass is 10.2. The van der Waals surface area contributed by atoms with Crippen molar-refractivity contribution in [2.24, 2.45) is 0 Å². The van der Waals surface area contributed by atoms with Gasteiger partial charge in [-0.05, 0) is 26.3 Å². The maximum absolute atomic E-state index is 11.5. The second-order valence-electron chi connectivity index (χ2n) is 2.41. The van der Waals surface area contributed by atoms with Gasteiger partial charge in [0.15, 0.2) is 0 Å². The van der Waals surface area contributed by atoms with Crippen LogP contribution in [0.3, 0.4) is 0 Å². The van der Waals surface area contributed by atoms with Crippen molar-refractivity contribution < 1.29 is 9.50 Å². The van der Waals surface area contributed by atoms with E-state index >= 15 is 0 Å². The normalized spacial score (nSPS) is 13.5. The van der Waals surface area contributed by atoms with E-state index in [1.54, 1.807) is 0 Å². The molecule has 0 spiro atoms. The topological polar surface area (TPSA) is 32.3 Å². The van der Waals surface area contributed by atoms with Crippen molar-refractivity contribution in [3.8, 4) is 0 Å². The van der Waals surface area contributed by atoms with Gasteiger partial charge in [0.25, 0.3) is 0 Å². The molecule has 2 N–H and O–H groups in total. The van der Waals surface area contributed by atoms with Crippen LogP contribution in [0.15, 0.2) is 0 Å². The molecular formula is C7H16FNO. The predicted octanol–water partition coefficient (Wildman–Crippen LogP) is 0.706. The summed E-state index contributed by atoms with van der Waals surface area (Å²) in [5, 5.41) is 11.6. The van der Waals surface area contributed by atoms with Gasteiger partial charge in [-0.25, -0.2) is 0 Å². The van der Waals surface area contributed by atoms with Gasteiger partial charge in [-0.2, -0.15) is 0 Å². The van der Waals surface area contributed by atoms with Crippen molar-refractivity contribution in [2.45, 2.75) is 25.8 Å². The standard InChI is InChI=1S/C7H16FNO/c1-7(3-6-10)9-5-2-4-8/h7,9-10H,2-6H2,1H3. The van der Waals surface area contributed by atoms with Gasteiger partial charge in [0.2, 0.25) is 0 Å². The van der Waals surface area contributed by atoms with E-state index in [4.69, 9.17) is 5.11 Å². The first kappa shape index (κ1) is 9.85. The van der Waals surface area contributed by atoms with E-state index in [1.807, 2.05) is 6.92 Å². The zero-order valence-electron chi connectivity index (χ0n) is 6.44. The van der Waals surface area contributed by atoms with Crippen molar-refractivity contribution in [3.05, 3.63) is 0 Å². The van der Waals surface area contributed by atoms with E-state index < -0.39 is 0 Å². The number of hydrogen-bond acceptors (Lipinski definition) is 2. The second kappa shape index (κ2) is 6.96. The highest BCUT2D eigenvalue weighted by molar-refractivity contribution is 4.58. The van der Waals surface area contributed by atoms with Gasteiger partial charge in [-0.1, -0.05) is 0 Å². The lowest BCUT2D eigenvalue weighted by molar-refractivity contribution is 0.268. The Balaban J connectivity index is 2.97. The summed E-state index contributed by atoms with van der Waals surface area (Å²) in [7, 11) is 0. The minimum absolute atomic E-state index is 0.198. The second-order valence-corrected chi connectivity index (χ2v) is 2.41. The maximum atomic E-state index is 11.5. The Bertz CT molecular complexity index is 70.6. The Kier molecular flexibility index (Phi) is 6.86. The van der Waals surface area contributed by atoms with E-state index in [0.717, 1.165) is 6.42 Å². The first-order chi connectivity index (χ1) is 4.81. The highest BCUT2D eigenvalue weighted by Crippen LogP contribution is 1.88. The van der Waals surface area contributed by atoms with Gasteiger partial charge >= 0.3 is 0 Å². The Morgan fingerprint density at radius 3 is 2.80 bits per heavy atom. The number of nitrogens with one attached hydrogen (secondary N) is 1. The Labute approximate surface area is 61.4 Å². The molecule has 1 unspecified atom stereocenters. The van der Waals surface area contributed by atoms with Gasteiger partial charge in [-0.3, -0.25) is 4.39 Å². The summed E-state index contributed by atoms with van der Waals surface area (Å²) in [5.74, 6) is 0. The van der Waals surface area contributed by atoms with E-state index in [-0.39, 0.29) is 13.3 Å². The SMILES string of the molecule is CC(CCO)NCCCF. The molecule has 2 nitrogen and oxygen atoms in total. The third kappa shape index (κ3) is 5.98. The molecule has 3 heteroatoms. The van der Waals surface area contributed by atoms with E-state index in [0.29, 0.717) is 19.0 Å². The average Bonchev–Trinajstić information content (AvgIpc) is 1.89. The minimum atomic E-state index is -0.265. The van der Waals surface area contributed by atoms with Crippen LogP contribution >= 0.6 is 0 Å². The van der Waals surface area contributed by atoms with Crippen LogP contribution in [0.25, 0.3) is 0 Å². The summed E-state index contributed by atoms with van der Waals surface area (Å²) < 4.78 is 11.5. The molecule has 0 aromatic rings. The Morgan fingerprint density at radius 2 is 2.30 bits per heavy atom. The van der Waals surface area contributed by atoms with Gasteiger partial charge in [0, 0.05) is 12.6 Å². The van der Waals surface area contributed by atoms with E-state index in [2.05, 4.69) is 5.32 Å². The van der Waals surface area contributed by atoms with Crippen molar-refractivity contribution in [2.75, 3.05) is 19.8 Å². The third-order valence-electron chi connectivity index (χ3n) is 1.37. The van der Waals surface area contributed by atoms with Gasteiger partial charge in [0.05, 0.1) is 6.67 Å². The molecule has 1 atom stereocenters. The number of aliphatic hydroxyl groups excluding tert-OH is 1. The fourth-order valence-electron chi connectivity index (χ4n) is 0.711. The largest absolute Gasteiger partial charge is 0.396 e. The van der Waals surface area contributed by atoms with E-state index in [1.165, 1.54) is 0 Å². The molecular weight excluding hydrogens is 133 g/mol. The summed E-state index contributed by atoms with van der Waals surface area (Å²) in [6, 6.07) is 0.302. The van der Waals surface area contributed by atoms with Gasteiger partial charge in [0.1, 0.15) is 0 Å². The number of rotatable bonds is 6. The molecule has 0 aliphatic rings. The lowest BCUT2D eigenvalue weighted by Crippen LogP contribution is -2.28. The molecule has 0 amide bonds. The van der Waals surface area contributed by atoms with Gasteiger partial charge < -0.3 is 10.4 Å². The quantitative estimate of drug-likeness (QED) is 0.545. The molecule has 0 saturated carbocycles. The molecule has 10 heavy (non-hydrogen) atoms. The molecule has 0 radical (unpaired) electrons. The number of aliphatic hydroxyl groups is 1. The summed E-state index contributed by atoms with van der Waals surface area (Å²) in [4.78, 5) is 0. The average molecular weight is 149 g/mol. The first-order valence-electron chi connectivity index (χ1n) is 3.71. The van der Waals surface area contributed by atoms with Gasteiger partial charge in [-0.15, -0.1) is 0 Å². The number of hydrogen-bond donors (Lipinski definition) is 2. The summed E-state index contributed by atoms with van der Waals surface area (Å²) in [6.07, 6.45) is 1.31. The molecule has 0 aliphatic carbocycles. The highest BCUT2D eigenvalue weighted by Gasteiger charge is 1.97. The van der Waals surface area contributed by atoms with Crippen LogP contribution in [0, 0.1) is 0 Å². The van der Waals surface area contributed by atoms with Crippen LogP contribution in [-0.4, -0.2) is 31.0 Å². The smallest absolute Gasteiger partial charge is 0.0906 e. The fourth-order valence-corrected chi connectivity index (χ4v) is 0.711. The maximum Gasteiger partial charge on any atom is 0.0906 e. The fraction of sp³-hybridized carbons (Fsp3) is 1.00. The van der Waals surface area contributed by atoms with Crippen molar-refractivity contribution >= 4 is 0 Å². The van der Waals surface area contributed by atoms with Crippen LogP contribution in [0.1, 0.15) is 19.8 Å². The van der Waals surface area contributed by atoms with Crippen LogP contribution in [-0.2, 0) is 0 Å². The molecule has 0 aliphatic heterocycles. The monoisotopic (exact) mass is 149 g/mol. The Morgan fingerprint density at radius 1 is 1.60 bits per heavy atom. The molecule has 0 aromatic carbocycles. The van der Waals surface area contributed by atoms with E-state index in [9.17, 15) is 4.39 Å². The van der Waals surface area contributed by atoms with Crippen molar-refractivity contribution in [1.82, 2.24) is 5.32 Å². The Hall–Kier alpha value is -0.150. The zero-order valence-corrected chi connectivity index (χ0v) is 6.44. The molecule has 0 bridgehead atoms. The molecule has 0 rings (SSSR count). The summed E-state index contributed by atoms with van der Waals surface area (Å²) in [6.45, 7) is 2.62. The summed E-state index contributed by atoms with van der Waals surface area (Å²) >= 11 is 0. The molecule has 0 aromatic heterocycles. The van der Waals surface area contributed by atoms with Crippen LogP contribution in [0.4, 0.5) is 4.39 Å². The molecule has 62 valence electrons. The van der Waals surface area contributed by atoms with Crippen molar-refractivity contribution in [1.29, 1.82) is 0 Å². The van der Waals surface area contributed by atoms with Crippen molar-refractivity contribution in [3.63, 3.8) is 0 Å². The molecule has 0 fully saturated rings. The highest BCUT2D eigenvalue weighted by atomic mass is 19.1. The predicted molar refractivity (Wildman–Crippen MR) is 39.8 cm³/mol. The first-order valence-corrected chi connectivity index (χ1v) is 3.71. The number of alkyl halides is 1. The minimum Gasteiger partial charge on any atom is -0.396 e. The van der Waals surface area contributed by atoms with Crippen LogP contribution < -0.4 is 5.32 Å². The van der Waals surface area contributed by atoms with Crippen LogP contribution in [0.5, 0.6) is 0 Å². The molecule has 0 heterocycles. The van der Waals surface area contributed by atoms with Crippen LogP contribution in [0.2, 0.25) is 0 Å².